The fraction of sp³-hybridized carbons (Fsp3) is 0. The third kappa shape index (κ3) is 3.62. The van der Waals surface area contributed by atoms with Gasteiger partial charge in [-0.3, -0.25) is 4.79 Å². The molecule has 0 aromatic heterocycles. The fourth-order valence-corrected chi connectivity index (χ4v) is 1.88. The van der Waals surface area contributed by atoms with Crippen molar-refractivity contribution < 1.29 is 4.79 Å². The largest absolute Gasteiger partial charge is 0.276 e. The minimum Gasteiger partial charge on any atom is -0.267 e. The molecule has 0 fully saturated rings. The minimum absolute atomic E-state index is 0.245. The van der Waals surface area contributed by atoms with Gasteiger partial charge in [0.1, 0.15) is 0 Å². The third-order valence-electron chi connectivity index (χ3n) is 2.29. The van der Waals surface area contributed by atoms with E-state index in [1.165, 1.54) is 0 Å². The van der Waals surface area contributed by atoms with Gasteiger partial charge >= 0.3 is 0 Å². The van der Waals surface area contributed by atoms with E-state index in [9.17, 15) is 4.79 Å². The second-order valence-corrected chi connectivity index (χ2v) is 5.45. The Balaban J connectivity index is 2.11. The molecule has 0 heterocycles. The maximum Gasteiger partial charge on any atom is 0.276 e. The van der Waals surface area contributed by atoms with Crippen LogP contribution in [0.3, 0.4) is 0 Å². The van der Waals surface area contributed by atoms with Crippen LogP contribution in [0.1, 0.15) is 15.9 Å². The van der Waals surface area contributed by atoms with Gasteiger partial charge in [-0.25, -0.2) is 4.99 Å². The highest BCUT2D eigenvalue weighted by Gasteiger charge is 2.02. The van der Waals surface area contributed by atoms with Gasteiger partial charge < -0.3 is 0 Å². The number of rotatable bonds is 2. The lowest BCUT2D eigenvalue weighted by Crippen LogP contribution is -1.95. The predicted octanol–water partition coefficient (Wildman–Crippen LogP) is 4.47. The molecular weight excluding hydrogens is 358 g/mol. The lowest BCUT2D eigenvalue weighted by molar-refractivity contribution is 0.100. The summed E-state index contributed by atoms with van der Waals surface area (Å²) < 4.78 is 1.94. The number of aliphatic imine (C=N–C) groups is 1. The highest BCUT2D eigenvalue weighted by Crippen LogP contribution is 2.12. The summed E-state index contributed by atoms with van der Waals surface area (Å²) in [6.07, 6.45) is 1.57. The van der Waals surface area contributed by atoms with Crippen LogP contribution in [0.25, 0.3) is 0 Å². The second kappa shape index (κ2) is 6.07. The van der Waals surface area contributed by atoms with Gasteiger partial charge in [0.2, 0.25) is 0 Å². The quantitative estimate of drug-likeness (QED) is 0.721. The lowest BCUT2D eigenvalue weighted by Gasteiger charge is -1.96. The van der Waals surface area contributed by atoms with Gasteiger partial charge in [-0.05, 0) is 42.0 Å². The van der Waals surface area contributed by atoms with E-state index in [0.717, 1.165) is 14.5 Å². The number of hydrogen-bond acceptors (Lipinski definition) is 1. The van der Waals surface area contributed by atoms with Crippen LogP contribution >= 0.6 is 31.9 Å². The van der Waals surface area contributed by atoms with Gasteiger partial charge in [-0.15, -0.1) is 0 Å². The van der Waals surface area contributed by atoms with Crippen LogP contribution in [0.4, 0.5) is 0 Å². The summed E-state index contributed by atoms with van der Waals surface area (Å²) >= 11 is 6.68. The smallest absolute Gasteiger partial charge is 0.267 e. The van der Waals surface area contributed by atoms with Crippen LogP contribution in [-0.2, 0) is 0 Å². The lowest BCUT2D eigenvalue weighted by atomic mass is 10.2. The van der Waals surface area contributed by atoms with Crippen LogP contribution in [0.5, 0.6) is 0 Å². The molecule has 2 rings (SSSR count). The van der Waals surface area contributed by atoms with Crippen molar-refractivity contribution in [1.82, 2.24) is 0 Å². The summed E-state index contributed by atoms with van der Waals surface area (Å²) in [6.45, 7) is 0. The molecule has 0 spiro atoms. The number of carbonyl (C=O) groups is 1. The number of halogens is 2. The van der Waals surface area contributed by atoms with E-state index in [-0.39, 0.29) is 5.91 Å². The highest BCUT2D eigenvalue weighted by molar-refractivity contribution is 9.10. The Morgan fingerprint density at radius 1 is 0.889 bits per heavy atom. The molecule has 1 amide bonds. The van der Waals surface area contributed by atoms with Crippen molar-refractivity contribution in [3.05, 3.63) is 68.6 Å². The van der Waals surface area contributed by atoms with Crippen molar-refractivity contribution in [3.63, 3.8) is 0 Å². The number of carbonyl (C=O) groups excluding carboxylic acids is 1. The Morgan fingerprint density at radius 2 is 1.39 bits per heavy atom. The first-order valence-electron chi connectivity index (χ1n) is 5.25. The van der Waals surface area contributed by atoms with Gasteiger partial charge in [0.15, 0.2) is 0 Å². The Hall–Kier alpha value is -1.26. The summed E-state index contributed by atoms with van der Waals surface area (Å²) in [5.74, 6) is -0.245. The maximum absolute atomic E-state index is 11.8. The minimum atomic E-state index is -0.245. The molecule has 0 saturated carbocycles. The van der Waals surface area contributed by atoms with Crippen molar-refractivity contribution in [2.45, 2.75) is 0 Å². The number of hydrogen-bond donors (Lipinski definition) is 0. The molecule has 0 aliphatic carbocycles. The van der Waals surface area contributed by atoms with Crippen molar-refractivity contribution in [2.24, 2.45) is 4.99 Å². The van der Waals surface area contributed by atoms with Crippen LogP contribution in [0, 0.1) is 0 Å². The Morgan fingerprint density at radius 3 is 1.94 bits per heavy atom. The van der Waals surface area contributed by atoms with Crippen LogP contribution in [-0.4, -0.2) is 12.1 Å². The summed E-state index contributed by atoms with van der Waals surface area (Å²) in [5.41, 5.74) is 1.47. The topological polar surface area (TPSA) is 29.4 Å². The first-order chi connectivity index (χ1) is 8.65. The normalized spacial score (nSPS) is 10.8. The molecule has 18 heavy (non-hydrogen) atoms. The Kier molecular flexibility index (Phi) is 4.44. The predicted molar refractivity (Wildman–Crippen MR) is 80.2 cm³/mol. The summed E-state index contributed by atoms with van der Waals surface area (Å²) in [7, 11) is 0. The highest BCUT2D eigenvalue weighted by atomic mass is 79.9. The van der Waals surface area contributed by atoms with E-state index in [1.54, 1.807) is 18.3 Å². The molecular formula is C14H9Br2NO. The third-order valence-corrected chi connectivity index (χ3v) is 3.35. The van der Waals surface area contributed by atoms with E-state index < -0.39 is 0 Å². The molecule has 90 valence electrons. The Labute approximate surface area is 122 Å². The zero-order valence-electron chi connectivity index (χ0n) is 9.31. The van der Waals surface area contributed by atoms with Gasteiger partial charge in [-0.1, -0.05) is 44.0 Å². The maximum atomic E-state index is 11.8. The molecule has 2 aromatic rings. The monoisotopic (exact) mass is 365 g/mol. The Bertz CT molecular complexity index is 574. The molecule has 2 nitrogen and oxygen atoms in total. The molecule has 0 saturated heterocycles. The van der Waals surface area contributed by atoms with Gasteiger partial charge in [0.25, 0.3) is 5.91 Å². The number of amides is 1. The summed E-state index contributed by atoms with van der Waals surface area (Å²) in [5, 5.41) is 0. The zero-order valence-corrected chi connectivity index (χ0v) is 12.5. The second-order valence-electron chi connectivity index (χ2n) is 3.62. The van der Waals surface area contributed by atoms with Gasteiger partial charge in [-0.2, -0.15) is 0 Å². The first kappa shape index (κ1) is 13.2. The van der Waals surface area contributed by atoms with Crippen molar-refractivity contribution >= 4 is 44.0 Å². The van der Waals surface area contributed by atoms with Crippen molar-refractivity contribution in [2.75, 3.05) is 0 Å². The van der Waals surface area contributed by atoms with Crippen molar-refractivity contribution in [1.29, 1.82) is 0 Å². The van der Waals surface area contributed by atoms with E-state index in [2.05, 4.69) is 36.9 Å². The SMILES string of the molecule is O=C(N=Cc1ccc(Br)cc1)c1ccc(Br)cc1. The molecule has 0 N–H and O–H groups in total. The zero-order chi connectivity index (χ0) is 13.0. The first-order valence-corrected chi connectivity index (χ1v) is 6.83. The van der Waals surface area contributed by atoms with E-state index in [0.29, 0.717) is 5.56 Å². The van der Waals surface area contributed by atoms with Gasteiger partial charge in [0, 0.05) is 20.7 Å². The van der Waals surface area contributed by atoms with Crippen LogP contribution in [0.2, 0.25) is 0 Å². The molecule has 0 radical (unpaired) electrons. The average molecular weight is 367 g/mol. The number of nitrogens with zero attached hydrogens (tertiary/aromatic N) is 1. The number of benzene rings is 2. The van der Waals surface area contributed by atoms with E-state index >= 15 is 0 Å². The molecule has 0 atom stereocenters. The standard InChI is InChI=1S/C14H9Br2NO/c15-12-5-1-10(2-6-12)9-17-14(18)11-3-7-13(16)8-4-11/h1-9H. The van der Waals surface area contributed by atoms with Gasteiger partial charge in [0.05, 0.1) is 0 Å². The molecule has 2 aromatic carbocycles. The molecule has 0 unspecified atom stereocenters. The fourth-order valence-electron chi connectivity index (χ4n) is 1.35. The average Bonchev–Trinajstić information content (AvgIpc) is 2.38. The van der Waals surface area contributed by atoms with E-state index in [4.69, 9.17) is 0 Å². The molecule has 0 bridgehead atoms. The summed E-state index contributed by atoms with van der Waals surface area (Å²) in [4.78, 5) is 15.7. The van der Waals surface area contributed by atoms with E-state index in [1.807, 2.05) is 36.4 Å². The molecule has 0 aliphatic rings. The summed E-state index contributed by atoms with van der Waals surface area (Å²) in [6, 6.07) is 14.7. The van der Waals surface area contributed by atoms with Crippen molar-refractivity contribution in [3.8, 4) is 0 Å². The molecule has 4 heteroatoms. The van der Waals surface area contributed by atoms with Crippen LogP contribution in [0.15, 0.2) is 62.5 Å². The molecule has 0 aliphatic heterocycles. The van der Waals surface area contributed by atoms with Crippen LogP contribution < -0.4 is 0 Å².